The Hall–Kier alpha value is -4.48. The number of aromatic nitrogens is 2. The lowest BCUT2D eigenvalue weighted by Crippen LogP contribution is -2.27. The van der Waals surface area contributed by atoms with E-state index < -0.39 is 40.7 Å². The van der Waals surface area contributed by atoms with Gasteiger partial charge in [0.2, 0.25) is 5.43 Å². The number of nitrogens with zero attached hydrogens (tertiary/aromatic N) is 2. The average molecular weight is 489 g/mol. The van der Waals surface area contributed by atoms with Crippen molar-refractivity contribution in [3.8, 4) is 5.69 Å². The molecule has 12 heteroatoms. The number of amides is 1. The summed E-state index contributed by atoms with van der Waals surface area (Å²) in [7, 11) is 2.23. The van der Waals surface area contributed by atoms with E-state index in [1.165, 1.54) is 37.3 Å². The maximum Gasteiger partial charge on any atom is 0.418 e. The second kappa shape index (κ2) is 9.79. The van der Waals surface area contributed by atoms with Crippen LogP contribution in [-0.2, 0) is 15.7 Å². The molecular formula is C23H18F3N3O6. The molecule has 0 saturated carbocycles. The standard InChI is InChI=1S/C23H18F3N3O6/c1-12-8-18(30)19(28-29(12)17-7-5-4-6-16(17)23(24,25)26)20(31)27-15-10-13(21(32)34-2)9-14(11-15)22(33)35-3/h4-11H,1-3H3,(H,27,31). The molecule has 182 valence electrons. The second-order valence-electron chi connectivity index (χ2n) is 7.16. The average Bonchev–Trinajstić information content (AvgIpc) is 2.82. The summed E-state index contributed by atoms with van der Waals surface area (Å²) in [6.07, 6.45) is -4.71. The minimum Gasteiger partial charge on any atom is -0.465 e. The quantitative estimate of drug-likeness (QED) is 0.546. The molecule has 1 aromatic heterocycles. The Morgan fingerprint density at radius 2 is 1.51 bits per heavy atom. The van der Waals surface area contributed by atoms with Crippen molar-refractivity contribution in [3.05, 3.63) is 86.8 Å². The van der Waals surface area contributed by atoms with Gasteiger partial charge in [0.05, 0.1) is 36.6 Å². The lowest BCUT2D eigenvalue weighted by Gasteiger charge is -2.16. The van der Waals surface area contributed by atoms with Gasteiger partial charge in [-0.05, 0) is 37.3 Å². The van der Waals surface area contributed by atoms with Crippen LogP contribution in [0.3, 0.4) is 0 Å². The van der Waals surface area contributed by atoms with Crippen molar-refractivity contribution in [2.45, 2.75) is 13.1 Å². The Labute approximate surface area is 196 Å². The first kappa shape index (κ1) is 25.1. The summed E-state index contributed by atoms with van der Waals surface area (Å²) in [5, 5.41) is 6.20. The molecule has 35 heavy (non-hydrogen) atoms. The molecule has 1 N–H and O–H groups in total. The highest BCUT2D eigenvalue weighted by Crippen LogP contribution is 2.33. The molecule has 0 atom stereocenters. The van der Waals surface area contributed by atoms with Gasteiger partial charge in [-0.15, -0.1) is 0 Å². The number of methoxy groups -OCH3 is 2. The molecule has 0 fully saturated rings. The van der Waals surface area contributed by atoms with Crippen LogP contribution in [0.1, 0.15) is 42.5 Å². The van der Waals surface area contributed by atoms with Crippen LogP contribution in [0.25, 0.3) is 5.69 Å². The lowest BCUT2D eigenvalue weighted by molar-refractivity contribution is -0.137. The molecule has 0 aliphatic rings. The van der Waals surface area contributed by atoms with Crippen molar-refractivity contribution >= 4 is 23.5 Å². The van der Waals surface area contributed by atoms with Gasteiger partial charge in [0, 0.05) is 17.4 Å². The van der Waals surface area contributed by atoms with Crippen molar-refractivity contribution in [1.29, 1.82) is 0 Å². The minimum absolute atomic E-state index is 0.0592. The Bertz CT molecular complexity index is 1350. The fourth-order valence-corrected chi connectivity index (χ4v) is 3.21. The zero-order chi connectivity index (χ0) is 25.9. The number of hydrogen-bond acceptors (Lipinski definition) is 7. The van der Waals surface area contributed by atoms with E-state index in [0.29, 0.717) is 0 Å². The molecule has 9 nitrogen and oxygen atoms in total. The fraction of sp³-hybridized carbons (Fsp3) is 0.174. The third kappa shape index (κ3) is 5.37. The maximum atomic E-state index is 13.5. The highest BCUT2D eigenvalue weighted by atomic mass is 19.4. The molecule has 0 aliphatic heterocycles. The van der Waals surface area contributed by atoms with E-state index in [9.17, 15) is 32.3 Å². The van der Waals surface area contributed by atoms with E-state index in [-0.39, 0.29) is 28.2 Å². The van der Waals surface area contributed by atoms with Crippen LogP contribution in [-0.4, -0.2) is 41.8 Å². The van der Waals surface area contributed by atoms with Crippen molar-refractivity contribution in [1.82, 2.24) is 9.78 Å². The largest absolute Gasteiger partial charge is 0.465 e. The van der Waals surface area contributed by atoms with E-state index in [1.807, 2.05) is 0 Å². The predicted octanol–water partition coefficient (Wildman–Crippen LogP) is 3.39. The number of esters is 2. The van der Waals surface area contributed by atoms with E-state index in [2.05, 4.69) is 19.9 Å². The summed E-state index contributed by atoms with van der Waals surface area (Å²) in [5.41, 5.74) is -3.18. The number of para-hydroxylation sites is 1. The highest BCUT2D eigenvalue weighted by Gasteiger charge is 2.34. The van der Waals surface area contributed by atoms with Gasteiger partial charge in [-0.25, -0.2) is 14.3 Å². The first-order chi connectivity index (χ1) is 16.5. The van der Waals surface area contributed by atoms with Crippen molar-refractivity contribution < 1.29 is 37.0 Å². The third-order valence-electron chi connectivity index (χ3n) is 4.79. The third-order valence-corrected chi connectivity index (χ3v) is 4.79. The van der Waals surface area contributed by atoms with Crippen LogP contribution >= 0.6 is 0 Å². The van der Waals surface area contributed by atoms with Crippen LogP contribution in [0, 0.1) is 6.92 Å². The maximum absolute atomic E-state index is 13.5. The van der Waals surface area contributed by atoms with Gasteiger partial charge in [0.25, 0.3) is 5.91 Å². The predicted molar refractivity (Wildman–Crippen MR) is 117 cm³/mol. The summed E-state index contributed by atoms with van der Waals surface area (Å²) in [6.45, 7) is 1.37. The molecule has 0 radical (unpaired) electrons. The van der Waals surface area contributed by atoms with Gasteiger partial charge < -0.3 is 14.8 Å². The number of benzene rings is 2. The molecule has 0 bridgehead atoms. The molecule has 0 unspecified atom stereocenters. The summed E-state index contributed by atoms with van der Waals surface area (Å²) < 4.78 is 50.6. The molecule has 0 saturated heterocycles. The molecule has 0 spiro atoms. The van der Waals surface area contributed by atoms with Crippen molar-refractivity contribution in [3.63, 3.8) is 0 Å². The number of carbonyl (C=O) groups excluding carboxylic acids is 3. The smallest absolute Gasteiger partial charge is 0.418 e. The zero-order valence-electron chi connectivity index (χ0n) is 18.6. The van der Waals surface area contributed by atoms with E-state index in [1.54, 1.807) is 0 Å². The summed E-state index contributed by atoms with van der Waals surface area (Å²) in [5.74, 6) is -2.71. The Morgan fingerprint density at radius 3 is 2.06 bits per heavy atom. The van der Waals surface area contributed by atoms with Crippen LogP contribution in [0.4, 0.5) is 18.9 Å². The number of alkyl halides is 3. The molecule has 1 heterocycles. The van der Waals surface area contributed by atoms with Gasteiger partial charge in [0.15, 0.2) is 5.69 Å². The molecular weight excluding hydrogens is 471 g/mol. The first-order valence-electron chi connectivity index (χ1n) is 9.87. The lowest BCUT2D eigenvalue weighted by atomic mass is 10.1. The molecule has 3 aromatic rings. The first-order valence-corrected chi connectivity index (χ1v) is 9.87. The molecule has 3 rings (SSSR count). The number of halogens is 3. The topological polar surface area (TPSA) is 117 Å². The summed E-state index contributed by atoms with van der Waals surface area (Å²) in [4.78, 5) is 49.2. The van der Waals surface area contributed by atoms with Crippen molar-refractivity contribution in [2.75, 3.05) is 19.5 Å². The van der Waals surface area contributed by atoms with E-state index in [0.717, 1.165) is 37.1 Å². The summed E-state index contributed by atoms with van der Waals surface area (Å²) >= 11 is 0. The molecule has 0 aliphatic carbocycles. The minimum atomic E-state index is -4.71. The number of carbonyl (C=O) groups is 3. The van der Waals surface area contributed by atoms with Gasteiger partial charge in [-0.2, -0.15) is 18.3 Å². The monoisotopic (exact) mass is 489 g/mol. The van der Waals surface area contributed by atoms with Crippen LogP contribution in [0.5, 0.6) is 0 Å². The summed E-state index contributed by atoms with van der Waals surface area (Å²) in [6, 6.07) is 9.07. The fourth-order valence-electron chi connectivity index (χ4n) is 3.21. The van der Waals surface area contributed by atoms with Gasteiger partial charge >= 0.3 is 18.1 Å². The Balaban J connectivity index is 2.07. The number of rotatable bonds is 5. The number of aryl methyl sites for hydroxylation is 1. The normalized spacial score (nSPS) is 11.0. The SMILES string of the molecule is COC(=O)c1cc(NC(=O)c2nn(-c3ccccc3C(F)(F)F)c(C)cc2=O)cc(C(=O)OC)c1. The van der Waals surface area contributed by atoms with E-state index >= 15 is 0 Å². The Kier molecular flexibility index (Phi) is 7.04. The van der Waals surface area contributed by atoms with Crippen LogP contribution in [0.2, 0.25) is 0 Å². The number of ether oxygens (including phenoxy) is 2. The molecule has 2 aromatic carbocycles. The number of hydrogen-bond donors (Lipinski definition) is 1. The van der Waals surface area contributed by atoms with Gasteiger partial charge in [0.1, 0.15) is 0 Å². The zero-order valence-corrected chi connectivity index (χ0v) is 18.6. The van der Waals surface area contributed by atoms with Gasteiger partial charge in [-0.3, -0.25) is 9.59 Å². The number of anilines is 1. The van der Waals surface area contributed by atoms with Crippen LogP contribution in [0.15, 0.2) is 53.3 Å². The Morgan fingerprint density at radius 1 is 0.943 bits per heavy atom. The van der Waals surface area contributed by atoms with Gasteiger partial charge in [-0.1, -0.05) is 12.1 Å². The second-order valence-corrected chi connectivity index (χ2v) is 7.16. The van der Waals surface area contributed by atoms with Crippen molar-refractivity contribution in [2.24, 2.45) is 0 Å². The van der Waals surface area contributed by atoms with E-state index in [4.69, 9.17) is 0 Å². The molecule has 1 amide bonds. The highest BCUT2D eigenvalue weighted by molar-refractivity contribution is 6.04. The number of nitrogens with one attached hydrogen (secondary N) is 1. The van der Waals surface area contributed by atoms with Crippen LogP contribution < -0.4 is 10.7 Å².